The van der Waals surface area contributed by atoms with Gasteiger partial charge in [-0.2, -0.15) is 0 Å². The lowest BCUT2D eigenvalue weighted by Gasteiger charge is -2.37. The number of likely N-dealkylation sites (tertiary alicyclic amines) is 1. The molecule has 2 aliphatic rings. The number of ether oxygens (including phenoxy) is 1. The van der Waals surface area contributed by atoms with Crippen LogP contribution in [0.15, 0.2) is 54.6 Å². The van der Waals surface area contributed by atoms with Gasteiger partial charge < -0.3 is 9.64 Å². The van der Waals surface area contributed by atoms with Crippen LogP contribution in [0, 0.1) is 0 Å². The maximum absolute atomic E-state index is 12.3. The third kappa shape index (κ3) is 4.06. The Labute approximate surface area is 161 Å². The second kappa shape index (κ2) is 7.97. The molecule has 4 nitrogen and oxygen atoms in total. The molecule has 1 aliphatic carbocycles. The molecule has 1 amide bonds. The fourth-order valence-electron chi connectivity index (χ4n) is 3.91. The van der Waals surface area contributed by atoms with E-state index in [0.29, 0.717) is 6.61 Å². The van der Waals surface area contributed by atoms with Crippen molar-refractivity contribution < 1.29 is 9.53 Å². The molecule has 140 valence electrons. The first-order valence-electron chi connectivity index (χ1n) is 9.66. The summed E-state index contributed by atoms with van der Waals surface area (Å²) in [6, 6.07) is 18.6. The Bertz CT molecular complexity index is 823. The van der Waals surface area contributed by atoms with Crippen LogP contribution in [0.25, 0.3) is 11.6 Å². The summed E-state index contributed by atoms with van der Waals surface area (Å²) < 4.78 is 5.46. The van der Waals surface area contributed by atoms with Crippen molar-refractivity contribution in [2.75, 3.05) is 26.7 Å². The molecular weight excluding hydrogens is 336 g/mol. The van der Waals surface area contributed by atoms with Gasteiger partial charge in [0.2, 0.25) is 0 Å². The summed E-state index contributed by atoms with van der Waals surface area (Å²) in [5.74, 6) is 0. The Hall–Kier alpha value is -2.59. The Kier molecular flexibility index (Phi) is 5.26. The molecule has 0 saturated carbocycles. The van der Waals surface area contributed by atoms with E-state index in [9.17, 15) is 4.79 Å². The van der Waals surface area contributed by atoms with Crippen molar-refractivity contribution in [3.8, 4) is 0 Å². The highest BCUT2D eigenvalue weighted by Gasteiger charge is 2.27. The van der Waals surface area contributed by atoms with Gasteiger partial charge in [-0.1, -0.05) is 54.6 Å². The molecule has 0 bridgehead atoms. The zero-order valence-corrected chi connectivity index (χ0v) is 15.8. The van der Waals surface area contributed by atoms with Crippen LogP contribution in [-0.4, -0.2) is 48.6 Å². The van der Waals surface area contributed by atoms with E-state index in [4.69, 9.17) is 4.74 Å². The van der Waals surface area contributed by atoms with E-state index in [1.165, 1.54) is 16.7 Å². The van der Waals surface area contributed by atoms with Crippen LogP contribution >= 0.6 is 0 Å². The summed E-state index contributed by atoms with van der Waals surface area (Å²) in [5.41, 5.74) is 5.19. The quantitative estimate of drug-likeness (QED) is 0.796. The van der Waals surface area contributed by atoms with Crippen LogP contribution in [0.1, 0.15) is 29.5 Å². The summed E-state index contributed by atoms with van der Waals surface area (Å²) in [6.07, 6.45) is 4.04. The Morgan fingerprint density at radius 3 is 2.52 bits per heavy atom. The molecule has 0 N–H and O–H groups in total. The second-order valence-electron chi connectivity index (χ2n) is 7.42. The van der Waals surface area contributed by atoms with Gasteiger partial charge in [-0.05, 0) is 41.2 Å². The minimum atomic E-state index is -0.229. The summed E-state index contributed by atoms with van der Waals surface area (Å²) in [6.45, 7) is 3.36. The maximum Gasteiger partial charge on any atom is 0.410 e. The van der Waals surface area contributed by atoms with Crippen molar-refractivity contribution in [3.63, 3.8) is 0 Å². The van der Waals surface area contributed by atoms with Gasteiger partial charge in [0.05, 0.1) is 0 Å². The van der Waals surface area contributed by atoms with Crippen molar-refractivity contribution in [3.05, 3.63) is 71.3 Å². The second-order valence-corrected chi connectivity index (χ2v) is 7.42. The molecule has 2 aromatic carbocycles. The van der Waals surface area contributed by atoms with E-state index in [2.05, 4.69) is 35.2 Å². The van der Waals surface area contributed by atoms with Gasteiger partial charge >= 0.3 is 6.09 Å². The van der Waals surface area contributed by atoms with Gasteiger partial charge in [-0.15, -0.1) is 0 Å². The maximum atomic E-state index is 12.3. The molecule has 4 rings (SSSR count). The first-order chi connectivity index (χ1) is 13.2. The van der Waals surface area contributed by atoms with Crippen molar-refractivity contribution in [2.24, 2.45) is 0 Å². The fraction of sp³-hybridized carbons (Fsp3) is 0.348. The predicted molar refractivity (Wildman–Crippen MR) is 108 cm³/mol. The number of rotatable bonds is 5. The number of hydrogen-bond acceptors (Lipinski definition) is 3. The molecule has 0 atom stereocenters. The third-order valence-corrected chi connectivity index (χ3v) is 5.63. The lowest BCUT2D eigenvalue weighted by molar-refractivity contribution is 0.0744. The number of hydrogen-bond donors (Lipinski definition) is 0. The van der Waals surface area contributed by atoms with Gasteiger partial charge in [0.1, 0.15) is 6.61 Å². The molecule has 1 heterocycles. The largest absolute Gasteiger partial charge is 0.445 e. The molecule has 0 aromatic heterocycles. The smallest absolute Gasteiger partial charge is 0.410 e. The normalized spacial score (nSPS) is 16.9. The number of nitrogens with zero attached hydrogens (tertiary/aromatic N) is 2. The molecule has 1 saturated heterocycles. The van der Waals surface area contributed by atoms with Crippen LogP contribution in [0.4, 0.5) is 4.79 Å². The average Bonchev–Trinajstić information content (AvgIpc) is 2.71. The van der Waals surface area contributed by atoms with Crippen LogP contribution < -0.4 is 0 Å². The van der Waals surface area contributed by atoms with Crippen LogP contribution in [0.2, 0.25) is 0 Å². The van der Waals surface area contributed by atoms with E-state index in [0.717, 1.165) is 38.0 Å². The van der Waals surface area contributed by atoms with Gasteiger partial charge in [0, 0.05) is 32.7 Å². The first kappa shape index (κ1) is 17.8. The van der Waals surface area contributed by atoms with E-state index in [1.54, 1.807) is 4.90 Å². The highest BCUT2D eigenvalue weighted by molar-refractivity contribution is 5.96. The van der Waals surface area contributed by atoms with Crippen LogP contribution in [-0.2, 0) is 11.3 Å². The Balaban J connectivity index is 1.22. The Morgan fingerprint density at radius 2 is 1.78 bits per heavy atom. The fourth-order valence-corrected chi connectivity index (χ4v) is 3.91. The molecule has 1 aliphatic heterocycles. The van der Waals surface area contributed by atoms with Gasteiger partial charge in [-0.3, -0.25) is 4.90 Å². The van der Waals surface area contributed by atoms with Gasteiger partial charge in [-0.25, -0.2) is 4.79 Å². The average molecular weight is 362 g/mol. The molecule has 0 spiro atoms. The van der Waals surface area contributed by atoms with Gasteiger partial charge in [0.25, 0.3) is 0 Å². The van der Waals surface area contributed by atoms with Crippen molar-refractivity contribution in [1.82, 2.24) is 9.80 Å². The summed E-state index contributed by atoms with van der Waals surface area (Å²) in [7, 11) is 1.86. The molecular formula is C23H26N2O2. The lowest BCUT2D eigenvalue weighted by atomic mass is 9.88. The highest BCUT2D eigenvalue weighted by Crippen LogP contribution is 2.33. The highest BCUT2D eigenvalue weighted by atomic mass is 16.6. The Morgan fingerprint density at radius 1 is 1.07 bits per heavy atom. The molecule has 0 radical (unpaired) electrons. The van der Waals surface area contributed by atoms with E-state index in [-0.39, 0.29) is 12.1 Å². The lowest BCUT2D eigenvalue weighted by Crippen LogP contribution is -2.46. The molecule has 4 heteroatoms. The molecule has 1 fully saturated rings. The zero-order chi connectivity index (χ0) is 18.6. The monoisotopic (exact) mass is 362 g/mol. The van der Waals surface area contributed by atoms with E-state index in [1.807, 2.05) is 37.4 Å². The van der Waals surface area contributed by atoms with E-state index < -0.39 is 0 Å². The number of benzene rings is 2. The zero-order valence-electron chi connectivity index (χ0n) is 15.8. The topological polar surface area (TPSA) is 32.8 Å². The number of fused-ring (bicyclic) bond motifs is 1. The molecule has 0 unspecified atom stereocenters. The summed E-state index contributed by atoms with van der Waals surface area (Å²) >= 11 is 0. The number of piperidine rings is 1. The third-order valence-electron chi connectivity index (χ3n) is 5.63. The van der Waals surface area contributed by atoms with Crippen LogP contribution in [0.5, 0.6) is 0 Å². The van der Waals surface area contributed by atoms with Crippen molar-refractivity contribution in [2.45, 2.75) is 25.5 Å². The van der Waals surface area contributed by atoms with Gasteiger partial charge in [0.15, 0.2) is 0 Å². The van der Waals surface area contributed by atoms with Crippen LogP contribution in [0.3, 0.4) is 0 Å². The SMILES string of the molecule is CN(C(=O)OCc1ccccc1)C1CCN(CC2=Cc3ccccc32)CC1. The first-order valence-corrected chi connectivity index (χ1v) is 9.66. The standard InChI is InChI=1S/C23H26N2O2/c1-24(23(26)27-17-18-7-3-2-4-8-18)21-11-13-25(14-12-21)16-20-15-19-9-5-6-10-22(19)20/h2-10,15,21H,11-14,16-17H2,1H3. The molecule has 27 heavy (non-hydrogen) atoms. The number of carbonyl (C=O) groups excluding carboxylic acids is 1. The van der Waals surface area contributed by atoms with Crippen molar-refractivity contribution >= 4 is 17.7 Å². The van der Waals surface area contributed by atoms with E-state index >= 15 is 0 Å². The van der Waals surface area contributed by atoms with Crippen molar-refractivity contribution in [1.29, 1.82) is 0 Å². The number of amides is 1. The predicted octanol–water partition coefficient (Wildman–Crippen LogP) is 4.27. The summed E-state index contributed by atoms with van der Waals surface area (Å²) in [5, 5.41) is 0. The summed E-state index contributed by atoms with van der Waals surface area (Å²) in [4.78, 5) is 16.6. The number of carbonyl (C=O) groups is 1. The minimum absolute atomic E-state index is 0.229. The molecule has 2 aromatic rings. The minimum Gasteiger partial charge on any atom is -0.445 e.